The van der Waals surface area contributed by atoms with Gasteiger partial charge in [-0.05, 0) is 52.7 Å². The first kappa shape index (κ1) is 13.8. The van der Waals surface area contributed by atoms with Crippen molar-refractivity contribution in [1.29, 1.82) is 0 Å². The molecule has 0 N–H and O–H groups in total. The minimum atomic E-state index is 0.483. The predicted octanol–water partition coefficient (Wildman–Crippen LogP) is 4.48. The van der Waals surface area contributed by atoms with Gasteiger partial charge >= 0.3 is 0 Å². The highest BCUT2D eigenvalue weighted by Crippen LogP contribution is 2.31. The van der Waals surface area contributed by atoms with E-state index in [0.29, 0.717) is 11.8 Å². The Hall–Kier alpha value is -2.14. The summed E-state index contributed by atoms with van der Waals surface area (Å²) in [5.41, 5.74) is 2.89. The molecule has 0 atom stereocenters. The molecule has 0 saturated carbocycles. The average molecular weight is 345 g/mol. The second-order valence-electron chi connectivity index (χ2n) is 4.58. The molecule has 3 aromatic rings. The zero-order valence-electron chi connectivity index (χ0n) is 11.6. The van der Waals surface area contributed by atoms with E-state index in [1.807, 2.05) is 49.4 Å². The van der Waals surface area contributed by atoms with Gasteiger partial charge in [0.25, 0.3) is 0 Å². The van der Waals surface area contributed by atoms with Crippen LogP contribution in [0.3, 0.4) is 0 Å². The summed E-state index contributed by atoms with van der Waals surface area (Å²) in [4.78, 5) is 0. The maximum Gasteiger partial charge on any atom is 0.248 e. The lowest BCUT2D eigenvalue weighted by molar-refractivity contribution is 0.412. The number of rotatable bonds is 3. The van der Waals surface area contributed by atoms with Gasteiger partial charge in [0.2, 0.25) is 11.8 Å². The van der Waals surface area contributed by atoms with Gasteiger partial charge in [-0.15, -0.1) is 10.2 Å². The molecule has 5 heteroatoms. The monoisotopic (exact) mass is 344 g/mol. The molecule has 106 valence electrons. The third kappa shape index (κ3) is 2.69. The summed E-state index contributed by atoms with van der Waals surface area (Å²) in [6, 6.07) is 13.6. The Labute approximate surface area is 130 Å². The van der Waals surface area contributed by atoms with E-state index in [-0.39, 0.29) is 0 Å². The first-order valence-electron chi connectivity index (χ1n) is 6.42. The van der Waals surface area contributed by atoms with Gasteiger partial charge in [0.05, 0.1) is 11.6 Å². The van der Waals surface area contributed by atoms with Crippen molar-refractivity contribution in [1.82, 2.24) is 10.2 Å². The highest BCUT2D eigenvalue weighted by atomic mass is 79.9. The third-order valence-electron chi connectivity index (χ3n) is 3.20. The quantitative estimate of drug-likeness (QED) is 0.702. The fourth-order valence-corrected chi connectivity index (χ4v) is 2.60. The van der Waals surface area contributed by atoms with Gasteiger partial charge < -0.3 is 9.15 Å². The number of aryl methyl sites for hydroxylation is 1. The van der Waals surface area contributed by atoms with Gasteiger partial charge in [-0.1, -0.05) is 18.2 Å². The smallest absolute Gasteiger partial charge is 0.248 e. The van der Waals surface area contributed by atoms with Crippen LogP contribution in [0.15, 0.2) is 51.4 Å². The van der Waals surface area contributed by atoms with Gasteiger partial charge in [0.1, 0.15) is 5.75 Å². The van der Waals surface area contributed by atoms with Crippen molar-refractivity contribution in [2.45, 2.75) is 6.92 Å². The Morgan fingerprint density at radius 3 is 2.52 bits per heavy atom. The molecule has 1 heterocycles. The number of benzene rings is 2. The van der Waals surface area contributed by atoms with Crippen molar-refractivity contribution in [2.75, 3.05) is 7.11 Å². The van der Waals surface area contributed by atoms with Crippen molar-refractivity contribution in [3.63, 3.8) is 0 Å². The first-order chi connectivity index (χ1) is 10.2. The fourth-order valence-electron chi connectivity index (χ4n) is 2.06. The fraction of sp³-hybridized carbons (Fsp3) is 0.125. The molecule has 1 aromatic heterocycles. The van der Waals surface area contributed by atoms with E-state index in [2.05, 4.69) is 26.1 Å². The normalized spacial score (nSPS) is 10.6. The van der Waals surface area contributed by atoms with Gasteiger partial charge in [-0.25, -0.2) is 0 Å². The zero-order valence-corrected chi connectivity index (χ0v) is 13.2. The molecule has 21 heavy (non-hydrogen) atoms. The van der Waals surface area contributed by atoms with Crippen LogP contribution in [-0.4, -0.2) is 17.3 Å². The van der Waals surface area contributed by atoms with Crippen LogP contribution in [0.4, 0.5) is 0 Å². The van der Waals surface area contributed by atoms with E-state index < -0.39 is 0 Å². The van der Waals surface area contributed by atoms with Gasteiger partial charge in [-0.3, -0.25) is 0 Å². The van der Waals surface area contributed by atoms with Crippen LogP contribution < -0.4 is 4.74 Å². The summed E-state index contributed by atoms with van der Waals surface area (Å²) in [7, 11) is 1.63. The molecule has 0 aliphatic heterocycles. The number of hydrogen-bond acceptors (Lipinski definition) is 4. The molecule has 2 aromatic carbocycles. The van der Waals surface area contributed by atoms with Crippen molar-refractivity contribution < 1.29 is 9.15 Å². The van der Waals surface area contributed by atoms with Gasteiger partial charge in [-0.2, -0.15) is 0 Å². The molecule has 0 aliphatic rings. The van der Waals surface area contributed by atoms with E-state index in [0.717, 1.165) is 26.9 Å². The van der Waals surface area contributed by atoms with Crippen LogP contribution in [-0.2, 0) is 0 Å². The van der Waals surface area contributed by atoms with Crippen LogP contribution in [0.1, 0.15) is 5.56 Å². The number of ether oxygens (including phenoxy) is 1. The Morgan fingerprint density at radius 1 is 1.05 bits per heavy atom. The molecule has 0 amide bonds. The molecule has 0 radical (unpaired) electrons. The van der Waals surface area contributed by atoms with Crippen LogP contribution >= 0.6 is 15.9 Å². The minimum Gasteiger partial charge on any atom is -0.496 e. The summed E-state index contributed by atoms with van der Waals surface area (Å²) < 4.78 is 11.8. The number of halogens is 1. The third-order valence-corrected chi connectivity index (χ3v) is 3.82. The molecule has 0 bridgehead atoms. The highest BCUT2D eigenvalue weighted by molar-refractivity contribution is 9.10. The maximum absolute atomic E-state index is 5.78. The summed E-state index contributed by atoms with van der Waals surface area (Å²) in [6.07, 6.45) is 0. The maximum atomic E-state index is 5.78. The zero-order chi connectivity index (χ0) is 14.8. The Morgan fingerprint density at radius 2 is 1.81 bits per heavy atom. The lowest BCUT2D eigenvalue weighted by atomic mass is 10.1. The van der Waals surface area contributed by atoms with Crippen LogP contribution in [0.25, 0.3) is 22.9 Å². The Balaban J connectivity index is 1.99. The number of nitrogens with zero attached hydrogens (tertiary/aromatic N) is 2. The molecule has 0 unspecified atom stereocenters. The van der Waals surface area contributed by atoms with E-state index in [1.54, 1.807) is 7.11 Å². The topological polar surface area (TPSA) is 48.2 Å². The number of hydrogen-bond donors (Lipinski definition) is 0. The van der Waals surface area contributed by atoms with Gasteiger partial charge in [0, 0.05) is 11.1 Å². The molecular weight excluding hydrogens is 332 g/mol. The lowest BCUT2D eigenvalue weighted by Gasteiger charge is -2.03. The Bertz CT molecular complexity index is 783. The van der Waals surface area contributed by atoms with E-state index in [1.165, 1.54) is 0 Å². The SMILES string of the molecule is COc1ccc(-c2nnc(-c3ccccc3C)o2)cc1Br. The second kappa shape index (κ2) is 5.69. The van der Waals surface area contributed by atoms with Crippen molar-refractivity contribution in [3.05, 3.63) is 52.5 Å². The van der Waals surface area contributed by atoms with E-state index in [4.69, 9.17) is 9.15 Å². The molecule has 0 spiro atoms. The van der Waals surface area contributed by atoms with Crippen molar-refractivity contribution in [2.24, 2.45) is 0 Å². The number of aromatic nitrogens is 2. The largest absolute Gasteiger partial charge is 0.496 e. The molecule has 4 nitrogen and oxygen atoms in total. The second-order valence-corrected chi connectivity index (χ2v) is 5.43. The lowest BCUT2D eigenvalue weighted by Crippen LogP contribution is -1.85. The summed E-state index contributed by atoms with van der Waals surface area (Å²) >= 11 is 3.45. The molecule has 0 saturated heterocycles. The standard InChI is InChI=1S/C16H13BrN2O2/c1-10-5-3-4-6-12(10)16-19-18-15(21-16)11-7-8-14(20-2)13(17)9-11/h3-9H,1-2H3. The number of methoxy groups -OCH3 is 1. The molecule has 0 fully saturated rings. The Kier molecular flexibility index (Phi) is 3.75. The highest BCUT2D eigenvalue weighted by Gasteiger charge is 2.13. The van der Waals surface area contributed by atoms with E-state index >= 15 is 0 Å². The summed E-state index contributed by atoms with van der Waals surface area (Å²) in [5.74, 6) is 1.77. The molecular formula is C16H13BrN2O2. The molecule has 3 rings (SSSR count). The first-order valence-corrected chi connectivity index (χ1v) is 7.22. The van der Waals surface area contributed by atoms with Crippen molar-refractivity contribution in [3.8, 4) is 28.7 Å². The van der Waals surface area contributed by atoms with Crippen molar-refractivity contribution >= 4 is 15.9 Å². The predicted molar refractivity (Wildman–Crippen MR) is 84.2 cm³/mol. The van der Waals surface area contributed by atoms with Crippen LogP contribution in [0.5, 0.6) is 5.75 Å². The van der Waals surface area contributed by atoms with E-state index in [9.17, 15) is 0 Å². The van der Waals surface area contributed by atoms with Gasteiger partial charge in [0.15, 0.2) is 0 Å². The summed E-state index contributed by atoms with van der Waals surface area (Å²) in [6.45, 7) is 2.02. The summed E-state index contributed by atoms with van der Waals surface area (Å²) in [5, 5.41) is 8.25. The van der Waals surface area contributed by atoms with Crippen LogP contribution in [0, 0.1) is 6.92 Å². The minimum absolute atomic E-state index is 0.483. The van der Waals surface area contributed by atoms with Crippen LogP contribution in [0.2, 0.25) is 0 Å². The average Bonchev–Trinajstić information content (AvgIpc) is 2.97. The molecule has 0 aliphatic carbocycles.